The third-order valence-corrected chi connectivity index (χ3v) is 2.86. The van der Waals surface area contributed by atoms with Gasteiger partial charge in [-0.3, -0.25) is 0 Å². The van der Waals surface area contributed by atoms with E-state index in [4.69, 9.17) is 8.19 Å². The summed E-state index contributed by atoms with van der Waals surface area (Å²) in [5.74, 6) is 0. The Morgan fingerprint density at radius 1 is 1.17 bits per heavy atom. The van der Waals surface area contributed by atoms with E-state index >= 15 is 0 Å². The number of benzene rings is 1. The average molecular weight is 240 g/mol. The molecule has 0 amide bonds. The van der Waals surface area contributed by atoms with Crippen molar-refractivity contribution in [2.45, 2.75) is 5.21 Å². The molecule has 0 aromatic heterocycles. The van der Waals surface area contributed by atoms with E-state index in [0.717, 1.165) is 0 Å². The van der Waals surface area contributed by atoms with Crippen LogP contribution in [0.5, 0.6) is 0 Å². The van der Waals surface area contributed by atoms with Gasteiger partial charge in [-0.2, -0.15) is 0 Å². The van der Waals surface area contributed by atoms with Crippen LogP contribution in [-0.2, 0) is 8.95 Å². The quantitative estimate of drug-likeness (QED) is 0.683. The standard InChI is InChI=1S/C7H9AsO3.Na.H/c9-8(10,11)6-7-4-2-1-3-5-7;;/h1-5H,6H2,(H2,9,10,11);;. The van der Waals surface area contributed by atoms with Gasteiger partial charge in [0, 0.05) is 0 Å². The summed E-state index contributed by atoms with van der Waals surface area (Å²) < 4.78 is 27.8. The summed E-state index contributed by atoms with van der Waals surface area (Å²) in [6.45, 7) is 0. The summed E-state index contributed by atoms with van der Waals surface area (Å²) in [5, 5.41) is -0.112. The van der Waals surface area contributed by atoms with Crippen molar-refractivity contribution in [2.75, 3.05) is 0 Å². The molecule has 0 saturated carbocycles. The van der Waals surface area contributed by atoms with Crippen molar-refractivity contribution in [2.24, 2.45) is 0 Å². The second-order valence-corrected chi connectivity index (χ2v) is 5.76. The average Bonchev–Trinajstić information content (AvgIpc) is 1.85. The number of hydrogen-bond donors (Lipinski definition) is 2. The molecule has 0 aliphatic rings. The minimum atomic E-state index is -4.46. The molecule has 0 heterocycles. The van der Waals surface area contributed by atoms with Crippen LogP contribution in [0, 0.1) is 0 Å². The van der Waals surface area contributed by atoms with Gasteiger partial charge in [0.25, 0.3) is 0 Å². The Kier molecular flexibility index (Phi) is 5.50. The molecule has 0 saturated heterocycles. The molecule has 1 aromatic rings. The predicted octanol–water partition coefficient (Wildman–Crippen LogP) is -0.526. The van der Waals surface area contributed by atoms with Crippen molar-refractivity contribution in [1.29, 1.82) is 0 Å². The van der Waals surface area contributed by atoms with E-state index in [1.165, 1.54) is 0 Å². The minimum absolute atomic E-state index is 0. The van der Waals surface area contributed by atoms with Gasteiger partial charge in [0.1, 0.15) is 0 Å². The van der Waals surface area contributed by atoms with E-state index in [2.05, 4.69) is 0 Å². The maximum absolute atomic E-state index is 10.6. The van der Waals surface area contributed by atoms with Gasteiger partial charge in [-0.05, 0) is 0 Å². The fourth-order valence-electron chi connectivity index (χ4n) is 0.821. The van der Waals surface area contributed by atoms with Crippen LogP contribution in [0.25, 0.3) is 0 Å². The summed E-state index contributed by atoms with van der Waals surface area (Å²) >= 11 is -4.46. The molecule has 5 heteroatoms. The Hall–Kier alpha value is 0.498. The van der Waals surface area contributed by atoms with Gasteiger partial charge in [-0.15, -0.1) is 0 Å². The summed E-state index contributed by atoms with van der Waals surface area (Å²) in [5.41, 5.74) is 0.694. The summed E-state index contributed by atoms with van der Waals surface area (Å²) in [6, 6.07) is 8.76. The fraction of sp³-hybridized carbons (Fsp3) is 0.143. The molecular weight excluding hydrogens is 230 g/mol. The van der Waals surface area contributed by atoms with Crippen LogP contribution < -0.4 is 0 Å². The van der Waals surface area contributed by atoms with E-state index in [0.29, 0.717) is 5.56 Å². The predicted molar refractivity (Wildman–Crippen MR) is 48.2 cm³/mol. The SMILES string of the molecule is O=[As](O)(O)Cc1ccccc1.[NaH]. The molecule has 0 fully saturated rings. The Labute approximate surface area is 96.1 Å². The van der Waals surface area contributed by atoms with Crippen molar-refractivity contribution in [3.05, 3.63) is 35.9 Å². The molecule has 0 atom stereocenters. The van der Waals surface area contributed by atoms with Crippen LogP contribution >= 0.6 is 0 Å². The van der Waals surface area contributed by atoms with Crippen LogP contribution in [0.15, 0.2) is 30.3 Å². The zero-order valence-electron chi connectivity index (χ0n) is 5.84. The topological polar surface area (TPSA) is 57.5 Å². The first kappa shape index (κ1) is 12.5. The van der Waals surface area contributed by atoms with Gasteiger partial charge in [-0.1, -0.05) is 0 Å². The summed E-state index contributed by atoms with van der Waals surface area (Å²) in [4.78, 5) is 0. The van der Waals surface area contributed by atoms with Gasteiger partial charge in [0.05, 0.1) is 0 Å². The van der Waals surface area contributed by atoms with Crippen molar-refractivity contribution in [1.82, 2.24) is 0 Å². The normalized spacial score (nSPS) is 10.5. The Balaban J connectivity index is 0.00000121. The molecule has 0 aliphatic heterocycles. The zero-order valence-corrected chi connectivity index (χ0v) is 7.72. The molecule has 0 bridgehead atoms. The monoisotopic (exact) mass is 240 g/mol. The van der Waals surface area contributed by atoms with Crippen molar-refractivity contribution >= 4 is 43.7 Å². The molecule has 0 radical (unpaired) electrons. The van der Waals surface area contributed by atoms with Gasteiger partial charge < -0.3 is 0 Å². The second-order valence-electron chi connectivity index (χ2n) is 2.31. The molecule has 12 heavy (non-hydrogen) atoms. The molecular formula is C7H10AsNaO3. The number of hydrogen-bond acceptors (Lipinski definition) is 1. The Morgan fingerprint density at radius 3 is 2.08 bits per heavy atom. The van der Waals surface area contributed by atoms with E-state index in [1.54, 1.807) is 24.3 Å². The van der Waals surface area contributed by atoms with Crippen LogP contribution in [-0.4, -0.2) is 51.9 Å². The molecule has 2 N–H and O–H groups in total. The first-order valence-corrected chi connectivity index (χ1v) is 6.93. The van der Waals surface area contributed by atoms with Crippen LogP contribution in [0.2, 0.25) is 0 Å². The van der Waals surface area contributed by atoms with E-state index < -0.39 is 14.2 Å². The molecule has 0 aliphatic carbocycles. The second kappa shape index (κ2) is 5.28. The van der Waals surface area contributed by atoms with Gasteiger partial charge in [-0.25, -0.2) is 0 Å². The van der Waals surface area contributed by atoms with Crippen molar-refractivity contribution in [3.8, 4) is 0 Å². The fourth-order valence-corrected chi connectivity index (χ4v) is 2.26. The molecule has 0 spiro atoms. The van der Waals surface area contributed by atoms with Crippen LogP contribution in [0.4, 0.5) is 0 Å². The van der Waals surface area contributed by atoms with Crippen molar-refractivity contribution in [3.63, 3.8) is 0 Å². The molecule has 62 valence electrons. The van der Waals surface area contributed by atoms with E-state index in [1.807, 2.05) is 6.07 Å². The maximum atomic E-state index is 10.6. The van der Waals surface area contributed by atoms with Gasteiger partial charge in [0.15, 0.2) is 0 Å². The van der Waals surface area contributed by atoms with E-state index in [-0.39, 0.29) is 34.8 Å². The molecule has 1 rings (SSSR count). The summed E-state index contributed by atoms with van der Waals surface area (Å²) in [6.07, 6.45) is 0. The summed E-state index contributed by atoms with van der Waals surface area (Å²) in [7, 11) is 0. The third-order valence-electron chi connectivity index (χ3n) is 1.23. The number of rotatable bonds is 2. The first-order valence-electron chi connectivity index (χ1n) is 3.16. The zero-order chi connectivity index (χ0) is 8.32. The Bertz CT molecular complexity index is 269. The molecule has 3 nitrogen and oxygen atoms in total. The Morgan fingerprint density at radius 2 is 1.67 bits per heavy atom. The van der Waals surface area contributed by atoms with E-state index in [9.17, 15) is 3.74 Å². The third kappa shape index (κ3) is 5.20. The van der Waals surface area contributed by atoms with Gasteiger partial charge in [0.2, 0.25) is 0 Å². The van der Waals surface area contributed by atoms with Crippen molar-refractivity contribution < 1.29 is 11.9 Å². The first-order chi connectivity index (χ1) is 5.08. The van der Waals surface area contributed by atoms with Gasteiger partial charge >= 0.3 is 96.8 Å². The molecule has 0 unspecified atom stereocenters. The van der Waals surface area contributed by atoms with Crippen LogP contribution in [0.1, 0.15) is 5.56 Å². The molecule has 1 aromatic carbocycles. The van der Waals surface area contributed by atoms with Crippen LogP contribution in [0.3, 0.4) is 0 Å².